The third-order valence-electron chi connectivity index (χ3n) is 3.50. The summed E-state index contributed by atoms with van der Waals surface area (Å²) in [7, 11) is 0. The molecule has 23 heavy (non-hydrogen) atoms. The van der Waals surface area contributed by atoms with Gasteiger partial charge in [-0.25, -0.2) is 0 Å². The third kappa shape index (κ3) is 2.60. The van der Waals surface area contributed by atoms with Crippen LogP contribution in [-0.4, -0.2) is 20.6 Å². The van der Waals surface area contributed by atoms with E-state index >= 15 is 0 Å². The fourth-order valence-corrected chi connectivity index (χ4v) is 2.37. The highest BCUT2D eigenvalue weighted by Crippen LogP contribution is 2.31. The molecule has 0 amide bonds. The Morgan fingerprint density at radius 3 is 2.70 bits per heavy atom. The molecule has 3 aromatic rings. The van der Waals surface area contributed by atoms with Crippen LogP contribution >= 0.6 is 0 Å². The number of alkyl halides is 3. The molecule has 2 heterocycles. The van der Waals surface area contributed by atoms with Crippen molar-refractivity contribution in [3.8, 4) is 11.4 Å². The number of carbonyl (C=O) groups is 1. The molecule has 0 atom stereocenters. The molecular weight excluding hydrogens is 311 g/mol. The highest BCUT2D eigenvalue weighted by molar-refractivity contribution is 5.96. The molecule has 0 aliphatic carbocycles. The lowest BCUT2D eigenvalue weighted by atomic mass is 10.1. The van der Waals surface area contributed by atoms with Crippen LogP contribution in [0.4, 0.5) is 13.2 Å². The standard InChI is InChI=1S/C15H12F3N3O2/c1-3-12(22)21-7-8(2)10-5-4-9(6-11(10)21)13-19-14(23-20-13)15(16,17)18/h4-7H,3H2,1-2H3. The number of aromatic nitrogens is 3. The molecule has 0 saturated heterocycles. The molecule has 3 rings (SSSR count). The topological polar surface area (TPSA) is 60.9 Å². The Balaban J connectivity index is 2.13. The summed E-state index contributed by atoms with van der Waals surface area (Å²) in [6, 6.07) is 4.91. The molecular formula is C15H12F3N3O2. The van der Waals surface area contributed by atoms with Crippen LogP contribution in [0.15, 0.2) is 28.9 Å². The Bertz CT molecular complexity index is 893. The predicted molar refractivity (Wildman–Crippen MR) is 75.9 cm³/mol. The Morgan fingerprint density at radius 2 is 2.09 bits per heavy atom. The molecule has 0 radical (unpaired) electrons. The van der Waals surface area contributed by atoms with Gasteiger partial charge in [-0.05, 0) is 18.6 Å². The molecule has 5 nitrogen and oxygen atoms in total. The largest absolute Gasteiger partial charge is 0.471 e. The van der Waals surface area contributed by atoms with Crippen LogP contribution in [0.3, 0.4) is 0 Å². The molecule has 1 aromatic carbocycles. The van der Waals surface area contributed by atoms with Crippen LogP contribution < -0.4 is 0 Å². The molecule has 0 bridgehead atoms. The summed E-state index contributed by atoms with van der Waals surface area (Å²) in [6.07, 6.45) is -2.67. The SMILES string of the molecule is CCC(=O)n1cc(C)c2ccc(-c3noc(C(F)(F)F)n3)cc21. The number of nitrogens with zero attached hydrogens (tertiary/aromatic N) is 3. The molecule has 0 spiro atoms. The van der Waals surface area contributed by atoms with Crippen LogP contribution in [0, 0.1) is 6.92 Å². The second-order valence-corrected chi connectivity index (χ2v) is 5.08. The molecule has 0 aliphatic rings. The maximum atomic E-state index is 12.5. The first kappa shape index (κ1) is 15.3. The van der Waals surface area contributed by atoms with E-state index in [4.69, 9.17) is 0 Å². The second kappa shape index (κ2) is 5.22. The van der Waals surface area contributed by atoms with Gasteiger partial charge in [-0.2, -0.15) is 18.2 Å². The maximum Gasteiger partial charge on any atom is 0.471 e. The first-order valence-corrected chi connectivity index (χ1v) is 6.87. The molecule has 8 heteroatoms. The monoisotopic (exact) mass is 323 g/mol. The van der Waals surface area contributed by atoms with Crippen molar-refractivity contribution in [2.45, 2.75) is 26.4 Å². The number of carbonyl (C=O) groups excluding carboxylic acids is 1. The zero-order chi connectivity index (χ0) is 16.8. The van der Waals surface area contributed by atoms with Crippen molar-refractivity contribution in [3.05, 3.63) is 35.9 Å². The Hall–Kier alpha value is -2.64. The van der Waals surface area contributed by atoms with Crippen LogP contribution in [0.5, 0.6) is 0 Å². The quantitative estimate of drug-likeness (QED) is 0.713. The van der Waals surface area contributed by atoms with Gasteiger partial charge in [-0.3, -0.25) is 9.36 Å². The van der Waals surface area contributed by atoms with E-state index in [1.165, 1.54) is 4.57 Å². The fourth-order valence-electron chi connectivity index (χ4n) is 2.37. The van der Waals surface area contributed by atoms with Crippen LogP contribution in [0.25, 0.3) is 22.3 Å². The number of rotatable bonds is 2. The van der Waals surface area contributed by atoms with Crippen molar-refractivity contribution in [2.75, 3.05) is 0 Å². The number of aryl methyl sites for hydroxylation is 1. The number of benzene rings is 1. The van der Waals surface area contributed by atoms with E-state index in [1.807, 2.05) is 6.92 Å². The number of hydrogen-bond donors (Lipinski definition) is 0. The number of fused-ring (bicyclic) bond motifs is 1. The van der Waals surface area contributed by atoms with Crippen molar-refractivity contribution < 1.29 is 22.5 Å². The second-order valence-electron chi connectivity index (χ2n) is 5.08. The highest BCUT2D eigenvalue weighted by atomic mass is 19.4. The summed E-state index contributed by atoms with van der Waals surface area (Å²) in [5, 5.41) is 4.20. The van der Waals surface area contributed by atoms with Gasteiger partial charge in [0, 0.05) is 23.6 Å². The van der Waals surface area contributed by atoms with Crippen LogP contribution in [0.1, 0.15) is 29.6 Å². The molecule has 0 fully saturated rings. The molecule has 0 N–H and O–H groups in total. The van der Waals surface area contributed by atoms with Crippen molar-refractivity contribution in [2.24, 2.45) is 0 Å². The summed E-state index contributed by atoms with van der Waals surface area (Å²) in [5.74, 6) is -1.68. The lowest BCUT2D eigenvalue weighted by molar-refractivity contribution is -0.159. The number of halogens is 3. The van der Waals surface area contributed by atoms with Crippen molar-refractivity contribution in [3.63, 3.8) is 0 Å². The smallest absolute Gasteiger partial charge is 0.329 e. The van der Waals surface area contributed by atoms with Gasteiger partial charge in [-0.1, -0.05) is 24.2 Å². The van der Waals surface area contributed by atoms with E-state index in [0.29, 0.717) is 17.5 Å². The normalized spacial score (nSPS) is 12.0. The van der Waals surface area contributed by atoms with E-state index < -0.39 is 12.1 Å². The zero-order valence-corrected chi connectivity index (χ0v) is 12.3. The van der Waals surface area contributed by atoms with Crippen molar-refractivity contribution >= 4 is 16.8 Å². The summed E-state index contributed by atoms with van der Waals surface area (Å²) < 4.78 is 43.4. The van der Waals surface area contributed by atoms with E-state index in [-0.39, 0.29) is 11.7 Å². The molecule has 2 aromatic heterocycles. The van der Waals surface area contributed by atoms with E-state index in [2.05, 4.69) is 14.7 Å². The first-order valence-electron chi connectivity index (χ1n) is 6.87. The molecule has 0 unspecified atom stereocenters. The lowest BCUT2D eigenvalue weighted by Crippen LogP contribution is -2.07. The average molecular weight is 323 g/mol. The van der Waals surface area contributed by atoms with Gasteiger partial charge < -0.3 is 4.52 Å². The fraction of sp³-hybridized carbons (Fsp3) is 0.267. The van der Waals surface area contributed by atoms with Crippen LogP contribution in [-0.2, 0) is 6.18 Å². The minimum Gasteiger partial charge on any atom is -0.329 e. The van der Waals surface area contributed by atoms with E-state index in [9.17, 15) is 18.0 Å². The van der Waals surface area contributed by atoms with Gasteiger partial charge in [0.05, 0.1) is 5.52 Å². The van der Waals surface area contributed by atoms with Crippen molar-refractivity contribution in [1.29, 1.82) is 0 Å². The van der Waals surface area contributed by atoms with Gasteiger partial charge in [0.25, 0.3) is 0 Å². The van der Waals surface area contributed by atoms with Crippen LogP contribution in [0.2, 0.25) is 0 Å². The van der Waals surface area contributed by atoms with Gasteiger partial charge in [0.1, 0.15) is 0 Å². The van der Waals surface area contributed by atoms with Crippen molar-refractivity contribution in [1.82, 2.24) is 14.7 Å². The lowest BCUT2D eigenvalue weighted by Gasteiger charge is -2.02. The Morgan fingerprint density at radius 1 is 1.35 bits per heavy atom. The maximum absolute atomic E-state index is 12.5. The summed E-state index contributed by atoms with van der Waals surface area (Å²) in [6.45, 7) is 3.60. The molecule has 0 aliphatic heterocycles. The number of hydrogen-bond acceptors (Lipinski definition) is 4. The molecule has 0 saturated carbocycles. The summed E-state index contributed by atoms with van der Waals surface area (Å²) in [4.78, 5) is 15.4. The average Bonchev–Trinajstić information content (AvgIpc) is 3.11. The minimum absolute atomic E-state index is 0.107. The molecule has 120 valence electrons. The first-order chi connectivity index (χ1) is 10.8. The predicted octanol–water partition coefficient (Wildman–Crippen LogP) is 4.07. The van der Waals surface area contributed by atoms with Gasteiger partial charge in [-0.15, -0.1) is 0 Å². The minimum atomic E-state index is -4.69. The van der Waals surface area contributed by atoms with Gasteiger partial charge in [0.2, 0.25) is 11.7 Å². The zero-order valence-electron chi connectivity index (χ0n) is 12.3. The Labute approximate surface area is 128 Å². The van der Waals surface area contributed by atoms with E-state index in [1.54, 1.807) is 31.3 Å². The van der Waals surface area contributed by atoms with Gasteiger partial charge >= 0.3 is 12.1 Å². The summed E-state index contributed by atoms with van der Waals surface area (Å²) >= 11 is 0. The third-order valence-corrected chi connectivity index (χ3v) is 3.50. The summed E-state index contributed by atoms with van der Waals surface area (Å²) in [5.41, 5.74) is 1.85. The van der Waals surface area contributed by atoms with E-state index in [0.717, 1.165) is 10.9 Å². The van der Waals surface area contributed by atoms with Gasteiger partial charge in [0.15, 0.2) is 0 Å². The Kier molecular flexibility index (Phi) is 3.46. The highest BCUT2D eigenvalue weighted by Gasteiger charge is 2.38.